The van der Waals surface area contributed by atoms with Crippen molar-refractivity contribution < 1.29 is 212 Å². The molecule has 100 heavy (non-hydrogen) atoms. The molecule has 0 bridgehead atoms. The number of hydrogen-bond donors (Lipinski definition) is 8. The van der Waals surface area contributed by atoms with Crippen LogP contribution in [0.25, 0.3) is 0 Å². The maximum atomic E-state index is 13.1. The number of aliphatic hydroxyl groups excluding tert-OH is 1. The molecule has 8 N–H and O–H groups in total. The average Bonchev–Trinajstić information content (AvgIpc) is 0.803. The molecule has 3 aliphatic rings. The quantitative estimate of drug-likeness (QED) is 0.0290. The first-order valence-electron chi connectivity index (χ1n) is 26.8. The predicted octanol–water partition coefficient (Wildman–Crippen LogP) is -0.668. The minimum Gasteiger partial charge on any atom is -2.00 e. The van der Waals surface area contributed by atoms with Crippen LogP contribution < -0.4 is 97.0 Å². The number of benzene rings is 7. The molecule has 46 heteroatoms. The smallest absolute Gasteiger partial charge is 1.00 e. The molecule has 0 spiro atoms. The third kappa shape index (κ3) is 28.1. The Labute approximate surface area is 623 Å². The van der Waals surface area contributed by atoms with E-state index in [2.05, 4.69) is 12.1 Å². The van der Waals surface area contributed by atoms with Crippen molar-refractivity contribution in [2.24, 2.45) is 0 Å². The molecule has 0 aliphatic carbocycles. The van der Waals surface area contributed by atoms with E-state index < -0.39 is 84.7 Å². The fourth-order valence-electron chi connectivity index (χ4n) is 6.75. The van der Waals surface area contributed by atoms with Gasteiger partial charge in [-0.1, -0.05) is 36.4 Å². The summed E-state index contributed by atoms with van der Waals surface area (Å²) < 4.78 is 291. The summed E-state index contributed by atoms with van der Waals surface area (Å²) in [5.41, 5.74) is 0. The molecule has 0 saturated heterocycles. The second-order valence-corrected chi connectivity index (χ2v) is 43.7. The summed E-state index contributed by atoms with van der Waals surface area (Å²) in [5, 5.41) is 8.81. The fraction of sp³-hybridized carbons (Fsp3) is 0.222. The van der Waals surface area contributed by atoms with Gasteiger partial charge in [0.05, 0.1) is 38.7 Å². The van der Waals surface area contributed by atoms with Gasteiger partial charge in [-0.25, -0.2) is 42.5 Å². The average molecular weight is 1610 g/mol. The molecule has 3 atom stereocenters. The molecule has 3 unspecified atom stereocenters. The SMILES string of the molecule is CS(=O)(O)(O)S(=O)(=O)O.CS(=O)(O)(O)S(=O)(=O)O.CS(=O)([O-])(O)S(=O)(=O)[O-].O=S(=O)(c1ccc(F)cc1)c1ccc(F)cc1.O=S(=O)(c1ccc(OCC2COc3ccccc3O2)cc1)c1ccc(OCC2COc3ccccc3O2)cc1.OCC1COc2ccccc2O1.[2H]B=S.[Na+].[Na+].[O-2]. The predicted molar refractivity (Wildman–Crippen MR) is 348 cm³/mol. The largest absolute Gasteiger partial charge is 2.00 e. The standard InChI is InChI=1S/C30H26O8S.C12H8F2O2S.C9H10O3.3CH6O6S2.BHS.2Na.O/c31-39(32,25-13-9-21(10-14-25)33-17-23-19-35-27-5-1-3-7-29(27)37-23)26-15-11-22(12-16-26)34-18-24-20-36-28-6-2-4-8-30(28)38-24;13-9-1-5-11(6-2-9)17(15,16)12-7-3-10(14)4-8-12;10-5-7-6-11-8-3-1-2-4-9(8)12-7;3*1-9(5,6,7)8(2,3)4;1-2;;;/h1-16,23-24H,17-20H2;1-8H;1-4,7,10H,5-6H2;3*1H3,(H,2,3,4)(H2,5,6,7);1H;;;/q;;;;;;;2*+1;-2/p-2/i;;;;;;1D;;;. The molecule has 0 fully saturated rings. The van der Waals surface area contributed by atoms with Gasteiger partial charge < -0.3 is 62.1 Å². The maximum absolute atomic E-state index is 13.1. The Kier molecular flexibility index (Phi) is 33.7. The van der Waals surface area contributed by atoms with Crippen LogP contribution in [-0.4, -0.2) is 186 Å². The van der Waals surface area contributed by atoms with Gasteiger partial charge in [-0.15, -0.1) is 0 Å². The Hall–Kier alpha value is -5.16. The van der Waals surface area contributed by atoms with Crippen molar-refractivity contribution in [2.45, 2.75) is 37.9 Å². The van der Waals surface area contributed by atoms with Gasteiger partial charge in [0, 0.05) is 14.9 Å². The van der Waals surface area contributed by atoms with E-state index in [-0.39, 0.29) is 141 Å². The van der Waals surface area contributed by atoms with Crippen LogP contribution in [0.4, 0.5) is 8.78 Å². The number of halogens is 2. The third-order valence-corrected chi connectivity index (χ3v) is 26.8. The zero-order chi connectivity index (χ0) is 74.1. The number of fused-ring (bicyclic) bond motifs is 3. The Morgan fingerprint density at radius 3 is 0.920 bits per heavy atom. The van der Waals surface area contributed by atoms with Crippen molar-refractivity contribution in [3.8, 4) is 46.0 Å². The van der Waals surface area contributed by atoms with E-state index in [4.69, 9.17) is 76.2 Å². The van der Waals surface area contributed by atoms with Crippen LogP contribution in [-0.2, 0) is 78.6 Å². The van der Waals surface area contributed by atoms with Crippen LogP contribution >= 0.6 is 12.1 Å². The van der Waals surface area contributed by atoms with Crippen LogP contribution in [0.5, 0.6) is 46.0 Å². The Bertz CT molecular complexity index is 4370. The van der Waals surface area contributed by atoms with Gasteiger partial charge in [0.2, 0.25) is 37.0 Å². The molecule has 0 radical (unpaired) electrons. The Morgan fingerprint density at radius 2 is 0.700 bits per heavy atom. The van der Waals surface area contributed by atoms with Crippen molar-refractivity contribution >= 4 is 91.8 Å². The fourth-order valence-corrected chi connectivity index (χ4v) is 9.27. The topological polar surface area (TPSA) is 532 Å². The molecule has 3 aliphatic heterocycles. The zero-order valence-electron chi connectivity index (χ0n) is 53.5. The second kappa shape index (κ2) is 37.0. The van der Waals surface area contributed by atoms with Crippen molar-refractivity contribution in [1.29, 1.82) is 1.34 Å². The molecule has 0 aromatic heterocycles. The van der Waals surface area contributed by atoms with E-state index in [1.807, 2.05) is 72.8 Å². The Morgan fingerprint density at radius 1 is 0.490 bits per heavy atom. The maximum Gasteiger partial charge on any atom is 1.00 e. The summed E-state index contributed by atoms with van der Waals surface area (Å²) in [6, 6.07) is 44.0. The number of rotatable bonds is 14. The van der Waals surface area contributed by atoms with Gasteiger partial charge >= 0.3 is 97.5 Å². The Balaban J connectivity index is 0.000000682. The monoisotopic (exact) mass is 1610 g/mol. The van der Waals surface area contributed by atoms with E-state index in [9.17, 15) is 72.6 Å². The first-order chi connectivity index (χ1) is 44.9. The summed E-state index contributed by atoms with van der Waals surface area (Å²) in [5.74, 6) is 4.29. The van der Waals surface area contributed by atoms with Gasteiger partial charge in [-0.05, 0) is 133 Å². The van der Waals surface area contributed by atoms with Crippen LogP contribution in [0, 0.1) is 11.6 Å². The van der Waals surface area contributed by atoms with E-state index in [0.717, 1.165) is 36.7 Å². The third-order valence-electron chi connectivity index (χ3n) is 11.7. The van der Waals surface area contributed by atoms with Gasteiger partial charge in [0.15, 0.2) is 62.0 Å². The molecule has 0 saturated carbocycles. The van der Waals surface area contributed by atoms with E-state index in [1.165, 1.54) is 48.5 Å². The summed E-state index contributed by atoms with van der Waals surface area (Å²) in [4.78, 5) is 0.290. The molecule has 7 aromatic carbocycles. The first kappa shape index (κ1) is 90.9. The van der Waals surface area contributed by atoms with Gasteiger partial charge in [-0.3, -0.25) is 31.5 Å². The number of hydrogen-bond acceptors (Lipinski definition) is 25. The summed E-state index contributed by atoms with van der Waals surface area (Å²) in [6.07, 6.45) is -0.576. The molecule has 3 heterocycles. The van der Waals surface area contributed by atoms with Crippen molar-refractivity contribution in [3.05, 3.63) is 181 Å². The summed E-state index contributed by atoms with van der Waals surface area (Å²) in [6.45, 7) is 2.54. The second-order valence-electron chi connectivity index (χ2n) is 19.8. The molecule has 10 rings (SSSR count). The van der Waals surface area contributed by atoms with Crippen molar-refractivity contribution in [2.75, 3.05) is 58.4 Å². The molecular weight excluding hydrogens is 1540 g/mol. The van der Waals surface area contributed by atoms with Crippen LogP contribution in [0.2, 0.25) is 0 Å². The normalized spacial score (nSPS) is 16.4. The minimum atomic E-state index is -6.17. The summed E-state index contributed by atoms with van der Waals surface area (Å²) in [7, 11) is -41.4. The van der Waals surface area contributed by atoms with Gasteiger partial charge in [-0.2, -0.15) is 16.8 Å². The number of aliphatic hydroxyl groups is 1. The molecule has 32 nitrogen and oxygen atoms in total. The summed E-state index contributed by atoms with van der Waals surface area (Å²) >= 11 is 3.94. The van der Waals surface area contributed by atoms with E-state index in [0.29, 0.717) is 60.1 Å². The molecule has 544 valence electrons. The van der Waals surface area contributed by atoms with Crippen LogP contribution in [0.1, 0.15) is 0 Å². The van der Waals surface area contributed by atoms with Gasteiger partial charge in [0.1, 0.15) is 56.2 Å². The molecule has 0 amide bonds. The number of ether oxygens (including phenoxy) is 8. The minimum absolute atomic E-state index is 0. The van der Waals surface area contributed by atoms with E-state index in [1.54, 1.807) is 24.3 Å². The van der Waals surface area contributed by atoms with Crippen LogP contribution in [0.3, 0.4) is 0 Å². The molecule has 7 aromatic rings. The van der Waals surface area contributed by atoms with Crippen molar-refractivity contribution in [3.63, 3.8) is 0 Å². The van der Waals surface area contributed by atoms with Gasteiger partial charge in [0.25, 0.3) is 0 Å². The molecular formula is C54H61BF2Na2O32S9-2. The zero-order valence-corrected chi connectivity index (χ0v) is 63.9. The van der Waals surface area contributed by atoms with Crippen molar-refractivity contribution in [1.82, 2.24) is 0 Å². The number of sulfone groups is 2. The first-order valence-corrected chi connectivity index (χ1v) is 42.4. The van der Waals surface area contributed by atoms with E-state index >= 15 is 0 Å². The number of para-hydroxylation sites is 6. The van der Waals surface area contributed by atoms with Crippen LogP contribution in [0.15, 0.2) is 189 Å².